The van der Waals surface area contributed by atoms with Crippen LogP contribution in [0.4, 0.5) is 4.39 Å². The van der Waals surface area contributed by atoms with Gasteiger partial charge in [0.1, 0.15) is 6.17 Å². The third kappa shape index (κ3) is 0.929. The molecular formula is C6H11F. The van der Waals surface area contributed by atoms with Crippen LogP contribution in [0.5, 0.6) is 0 Å². The van der Waals surface area contributed by atoms with E-state index in [0.717, 1.165) is 12.8 Å². The van der Waals surface area contributed by atoms with Crippen molar-refractivity contribution >= 4 is 0 Å². The maximum atomic E-state index is 12.0. The summed E-state index contributed by atoms with van der Waals surface area (Å²) >= 11 is 0. The Kier molecular flexibility index (Phi) is 0.875. The molecule has 1 heteroatoms. The fourth-order valence-corrected chi connectivity index (χ4v) is 1.14. The Hall–Kier alpha value is -0.0700. The summed E-state index contributed by atoms with van der Waals surface area (Å²) in [5.41, 5.74) is 0.319. The van der Waals surface area contributed by atoms with E-state index in [1.165, 1.54) is 0 Å². The number of hydrogen-bond acceptors (Lipinski definition) is 0. The van der Waals surface area contributed by atoms with Crippen molar-refractivity contribution in [1.82, 2.24) is 0 Å². The second-order valence-electron chi connectivity index (χ2n) is 3.17. The van der Waals surface area contributed by atoms with Gasteiger partial charge in [0.05, 0.1) is 0 Å². The normalized spacial score (nSPS) is 29.6. The molecule has 1 saturated carbocycles. The molecule has 0 aromatic carbocycles. The first-order valence-electron chi connectivity index (χ1n) is 2.74. The Morgan fingerprint density at radius 2 is 1.86 bits per heavy atom. The summed E-state index contributed by atoms with van der Waals surface area (Å²) in [6.45, 7) is 4.20. The SMILES string of the molecule is CC1(C)CC(F)C1. The molecular weight excluding hydrogens is 91.1 g/mol. The summed E-state index contributed by atoms with van der Waals surface area (Å²) in [4.78, 5) is 0. The maximum absolute atomic E-state index is 12.0. The van der Waals surface area contributed by atoms with Gasteiger partial charge in [-0.3, -0.25) is 0 Å². The van der Waals surface area contributed by atoms with Gasteiger partial charge in [-0.1, -0.05) is 13.8 Å². The van der Waals surface area contributed by atoms with Gasteiger partial charge in [0.2, 0.25) is 0 Å². The van der Waals surface area contributed by atoms with Crippen LogP contribution in [0.25, 0.3) is 0 Å². The molecule has 1 aliphatic carbocycles. The van der Waals surface area contributed by atoms with Crippen LogP contribution in [-0.4, -0.2) is 6.17 Å². The van der Waals surface area contributed by atoms with E-state index in [1.54, 1.807) is 0 Å². The molecule has 0 bridgehead atoms. The van der Waals surface area contributed by atoms with E-state index in [9.17, 15) is 4.39 Å². The molecule has 0 nitrogen and oxygen atoms in total. The van der Waals surface area contributed by atoms with Crippen molar-refractivity contribution in [1.29, 1.82) is 0 Å². The summed E-state index contributed by atoms with van der Waals surface area (Å²) in [5, 5.41) is 0. The minimum absolute atomic E-state index is 0.319. The average Bonchev–Trinajstić information content (AvgIpc) is 1.27. The molecule has 1 aliphatic rings. The molecule has 7 heavy (non-hydrogen) atoms. The highest BCUT2D eigenvalue weighted by Gasteiger charge is 2.35. The zero-order valence-corrected chi connectivity index (χ0v) is 4.87. The van der Waals surface area contributed by atoms with Gasteiger partial charge in [0.25, 0.3) is 0 Å². The van der Waals surface area contributed by atoms with E-state index in [-0.39, 0.29) is 0 Å². The van der Waals surface area contributed by atoms with Gasteiger partial charge in [-0.05, 0) is 18.3 Å². The molecule has 0 amide bonds. The smallest absolute Gasteiger partial charge is 0.101 e. The Labute approximate surface area is 43.7 Å². The topological polar surface area (TPSA) is 0 Å². The lowest BCUT2D eigenvalue weighted by Crippen LogP contribution is -2.32. The number of hydrogen-bond donors (Lipinski definition) is 0. The summed E-state index contributed by atoms with van der Waals surface area (Å²) in [6, 6.07) is 0. The minimum Gasteiger partial charge on any atom is -0.247 e. The third-order valence-corrected chi connectivity index (χ3v) is 1.55. The van der Waals surface area contributed by atoms with Gasteiger partial charge in [-0.25, -0.2) is 4.39 Å². The number of rotatable bonds is 0. The van der Waals surface area contributed by atoms with E-state index in [2.05, 4.69) is 13.8 Å². The van der Waals surface area contributed by atoms with E-state index in [1.807, 2.05) is 0 Å². The second kappa shape index (κ2) is 1.21. The van der Waals surface area contributed by atoms with Crippen molar-refractivity contribution in [3.63, 3.8) is 0 Å². The van der Waals surface area contributed by atoms with E-state index in [0.29, 0.717) is 5.41 Å². The summed E-state index contributed by atoms with van der Waals surface area (Å²) < 4.78 is 12.0. The lowest BCUT2D eigenvalue weighted by Gasteiger charge is -2.37. The Morgan fingerprint density at radius 3 is 1.86 bits per heavy atom. The number of halogens is 1. The Balaban J connectivity index is 2.29. The van der Waals surface area contributed by atoms with Crippen LogP contribution in [0.15, 0.2) is 0 Å². The standard InChI is InChI=1S/C6H11F/c1-6(2)3-5(7)4-6/h5H,3-4H2,1-2H3. The Bertz CT molecular complexity index is 68.2. The average molecular weight is 102 g/mol. The predicted molar refractivity (Wildman–Crippen MR) is 27.9 cm³/mol. The monoisotopic (exact) mass is 102 g/mol. The summed E-state index contributed by atoms with van der Waals surface area (Å²) in [5.74, 6) is 0. The van der Waals surface area contributed by atoms with Crippen LogP contribution < -0.4 is 0 Å². The first kappa shape index (κ1) is 5.07. The highest BCUT2D eigenvalue weighted by Crippen LogP contribution is 2.41. The van der Waals surface area contributed by atoms with Crippen LogP contribution in [0.1, 0.15) is 26.7 Å². The molecule has 0 aliphatic heterocycles. The molecule has 0 aromatic rings. The van der Waals surface area contributed by atoms with Crippen LogP contribution >= 0.6 is 0 Å². The number of alkyl halides is 1. The van der Waals surface area contributed by atoms with Crippen molar-refractivity contribution in [2.24, 2.45) is 5.41 Å². The van der Waals surface area contributed by atoms with Crippen LogP contribution in [0.2, 0.25) is 0 Å². The fourth-order valence-electron chi connectivity index (χ4n) is 1.14. The molecule has 0 aromatic heterocycles. The maximum Gasteiger partial charge on any atom is 0.101 e. The second-order valence-corrected chi connectivity index (χ2v) is 3.17. The van der Waals surface area contributed by atoms with Gasteiger partial charge < -0.3 is 0 Å². The van der Waals surface area contributed by atoms with Gasteiger partial charge in [-0.2, -0.15) is 0 Å². The summed E-state index contributed by atoms with van der Waals surface area (Å²) in [6.07, 6.45) is 1.05. The van der Waals surface area contributed by atoms with Gasteiger partial charge >= 0.3 is 0 Å². The van der Waals surface area contributed by atoms with Crippen LogP contribution in [0, 0.1) is 5.41 Å². The van der Waals surface area contributed by atoms with Crippen molar-refractivity contribution < 1.29 is 4.39 Å². The zero-order chi connectivity index (χ0) is 5.49. The van der Waals surface area contributed by atoms with Crippen molar-refractivity contribution in [2.75, 3.05) is 0 Å². The predicted octanol–water partition coefficient (Wildman–Crippen LogP) is 2.14. The molecule has 0 N–H and O–H groups in total. The fraction of sp³-hybridized carbons (Fsp3) is 1.00. The van der Waals surface area contributed by atoms with Gasteiger partial charge in [0.15, 0.2) is 0 Å². The van der Waals surface area contributed by atoms with E-state index in [4.69, 9.17) is 0 Å². The lowest BCUT2D eigenvalue weighted by atomic mass is 9.71. The highest BCUT2D eigenvalue weighted by molar-refractivity contribution is 4.86. The highest BCUT2D eigenvalue weighted by atomic mass is 19.1. The molecule has 1 rings (SSSR count). The van der Waals surface area contributed by atoms with E-state index < -0.39 is 6.17 Å². The lowest BCUT2D eigenvalue weighted by molar-refractivity contribution is 0.0591. The molecule has 0 heterocycles. The third-order valence-electron chi connectivity index (χ3n) is 1.55. The van der Waals surface area contributed by atoms with Crippen molar-refractivity contribution in [2.45, 2.75) is 32.9 Å². The van der Waals surface area contributed by atoms with Crippen LogP contribution in [-0.2, 0) is 0 Å². The Morgan fingerprint density at radius 1 is 1.43 bits per heavy atom. The van der Waals surface area contributed by atoms with Crippen molar-refractivity contribution in [3.8, 4) is 0 Å². The minimum atomic E-state index is -0.491. The first-order valence-corrected chi connectivity index (χ1v) is 2.74. The molecule has 0 spiro atoms. The molecule has 0 radical (unpaired) electrons. The van der Waals surface area contributed by atoms with Crippen LogP contribution in [0.3, 0.4) is 0 Å². The molecule has 0 unspecified atom stereocenters. The quantitative estimate of drug-likeness (QED) is 0.439. The molecule has 42 valence electrons. The van der Waals surface area contributed by atoms with E-state index >= 15 is 0 Å². The summed E-state index contributed by atoms with van der Waals surface area (Å²) in [7, 11) is 0. The first-order chi connectivity index (χ1) is 3.10. The van der Waals surface area contributed by atoms with Gasteiger partial charge in [-0.15, -0.1) is 0 Å². The van der Waals surface area contributed by atoms with Gasteiger partial charge in [0, 0.05) is 0 Å². The molecule has 1 fully saturated rings. The van der Waals surface area contributed by atoms with Crippen molar-refractivity contribution in [3.05, 3.63) is 0 Å². The zero-order valence-electron chi connectivity index (χ0n) is 4.87. The largest absolute Gasteiger partial charge is 0.247 e. The molecule has 0 saturated heterocycles. The molecule has 0 atom stereocenters.